The van der Waals surface area contributed by atoms with Gasteiger partial charge in [0.1, 0.15) is 5.82 Å². The number of aromatic nitrogens is 1. The summed E-state index contributed by atoms with van der Waals surface area (Å²) in [6.45, 7) is 5.66. The summed E-state index contributed by atoms with van der Waals surface area (Å²) in [5.74, 6) is 0.601. The van der Waals surface area contributed by atoms with E-state index < -0.39 is 11.7 Å². The van der Waals surface area contributed by atoms with Crippen molar-refractivity contribution in [3.63, 3.8) is 0 Å². The van der Waals surface area contributed by atoms with Crippen LogP contribution >= 0.6 is 0 Å². The maximum atomic E-state index is 12.4. The lowest BCUT2D eigenvalue weighted by Gasteiger charge is -2.39. The van der Waals surface area contributed by atoms with E-state index in [1.165, 1.54) is 6.07 Å². The second-order valence-electron chi connectivity index (χ2n) is 4.58. The lowest BCUT2D eigenvalue weighted by molar-refractivity contribution is -0.137. The summed E-state index contributed by atoms with van der Waals surface area (Å²) in [5, 5.41) is 3.32. The summed E-state index contributed by atoms with van der Waals surface area (Å²) in [7, 11) is 0. The number of alkyl halides is 3. The van der Waals surface area contributed by atoms with Crippen LogP contribution in [-0.2, 0) is 6.18 Å². The van der Waals surface area contributed by atoms with Gasteiger partial charge >= 0.3 is 6.18 Å². The Labute approximate surface area is 104 Å². The van der Waals surface area contributed by atoms with Crippen LogP contribution < -0.4 is 10.2 Å². The standard InChI is InChI=1S/C12H16F3N3/c1-8-9(2)18(6-5-16-8)11-4-3-10(7-17-11)12(13,14)15/h3-4,7-9,16H,5-6H2,1-2H3. The summed E-state index contributed by atoms with van der Waals surface area (Å²) in [5.41, 5.74) is -0.706. The smallest absolute Gasteiger partial charge is 0.351 e. The molecule has 1 fully saturated rings. The fourth-order valence-electron chi connectivity index (χ4n) is 2.10. The first-order valence-corrected chi connectivity index (χ1v) is 5.93. The minimum absolute atomic E-state index is 0.211. The first kappa shape index (κ1) is 13.1. The number of anilines is 1. The number of nitrogens with one attached hydrogen (secondary N) is 1. The third-order valence-corrected chi connectivity index (χ3v) is 3.40. The third kappa shape index (κ3) is 2.58. The van der Waals surface area contributed by atoms with Crippen LogP contribution in [0.4, 0.5) is 19.0 Å². The van der Waals surface area contributed by atoms with Crippen molar-refractivity contribution >= 4 is 5.82 Å². The molecule has 1 aliphatic heterocycles. The summed E-state index contributed by atoms with van der Waals surface area (Å²) in [6, 6.07) is 3.03. The molecule has 2 heterocycles. The molecular formula is C12H16F3N3. The number of halogens is 3. The summed E-state index contributed by atoms with van der Waals surface area (Å²) in [6.07, 6.45) is -3.43. The number of nitrogens with zero attached hydrogens (tertiary/aromatic N) is 2. The number of hydrogen-bond acceptors (Lipinski definition) is 3. The quantitative estimate of drug-likeness (QED) is 0.838. The molecule has 100 valence electrons. The van der Waals surface area contributed by atoms with Crippen molar-refractivity contribution in [3.05, 3.63) is 23.9 Å². The first-order chi connectivity index (χ1) is 8.39. The number of rotatable bonds is 1. The van der Waals surface area contributed by atoms with Gasteiger partial charge in [-0.25, -0.2) is 4.98 Å². The predicted octanol–water partition coefficient (Wildman–Crippen LogP) is 2.29. The van der Waals surface area contributed by atoms with Crippen LogP contribution in [0, 0.1) is 0 Å². The van der Waals surface area contributed by atoms with Gasteiger partial charge in [0.2, 0.25) is 0 Å². The number of pyridine rings is 1. The SMILES string of the molecule is CC1NCCN(c2ccc(C(F)(F)F)cn2)C1C. The van der Waals surface area contributed by atoms with E-state index in [1.807, 2.05) is 11.8 Å². The van der Waals surface area contributed by atoms with Gasteiger partial charge in [0.25, 0.3) is 0 Å². The molecule has 0 amide bonds. The molecule has 0 bridgehead atoms. The van der Waals surface area contributed by atoms with Crippen LogP contribution in [-0.4, -0.2) is 30.2 Å². The summed E-state index contributed by atoms with van der Waals surface area (Å²) < 4.78 is 37.3. The Morgan fingerprint density at radius 2 is 2.06 bits per heavy atom. The lowest BCUT2D eigenvalue weighted by atomic mass is 10.1. The van der Waals surface area contributed by atoms with Crippen molar-refractivity contribution in [3.8, 4) is 0 Å². The highest BCUT2D eigenvalue weighted by molar-refractivity contribution is 5.42. The van der Waals surface area contributed by atoms with E-state index in [1.54, 1.807) is 0 Å². The zero-order chi connectivity index (χ0) is 13.3. The largest absolute Gasteiger partial charge is 0.417 e. The van der Waals surface area contributed by atoms with E-state index in [-0.39, 0.29) is 6.04 Å². The Kier molecular flexibility index (Phi) is 3.47. The second kappa shape index (κ2) is 4.76. The van der Waals surface area contributed by atoms with Crippen LogP contribution in [0.2, 0.25) is 0 Å². The van der Waals surface area contributed by atoms with Crippen LogP contribution in [0.25, 0.3) is 0 Å². The molecule has 1 aromatic rings. The average Bonchev–Trinajstić information content (AvgIpc) is 2.32. The van der Waals surface area contributed by atoms with Gasteiger partial charge in [0.15, 0.2) is 0 Å². The van der Waals surface area contributed by atoms with Crippen LogP contribution in [0.3, 0.4) is 0 Å². The van der Waals surface area contributed by atoms with E-state index in [9.17, 15) is 13.2 Å². The minimum Gasteiger partial charge on any atom is -0.351 e. The molecule has 18 heavy (non-hydrogen) atoms. The van der Waals surface area contributed by atoms with Gasteiger partial charge in [-0.2, -0.15) is 13.2 Å². The van der Waals surface area contributed by atoms with Gasteiger partial charge in [-0.15, -0.1) is 0 Å². The van der Waals surface area contributed by atoms with Gasteiger partial charge in [-0.05, 0) is 26.0 Å². The molecule has 0 radical (unpaired) electrons. The average molecular weight is 259 g/mol. The van der Waals surface area contributed by atoms with Gasteiger partial charge in [-0.3, -0.25) is 0 Å². The molecular weight excluding hydrogens is 243 g/mol. The second-order valence-corrected chi connectivity index (χ2v) is 4.58. The van der Waals surface area contributed by atoms with E-state index in [0.29, 0.717) is 11.9 Å². The van der Waals surface area contributed by atoms with Crippen LogP contribution in [0.5, 0.6) is 0 Å². The first-order valence-electron chi connectivity index (χ1n) is 5.93. The fourth-order valence-corrected chi connectivity index (χ4v) is 2.10. The van der Waals surface area contributed by atoms with Gasteiger partial charge in [0.05, 0.1) is 5.56 Å². The van der Waals surface area contributed by atoms with Crippen molar-refractivity contribution in [2.75, 3.05) is 18.0 Å². The Balaban J connectivity index is 2.19. The molecule has 2 rings (SSSR count). The Bertz CT molecular complexity index is 402. The van der Waals surface area contributed by atoms with E-state index >= 15 is 0 Å². The van der Waals surface area contributed by atoms with Crippen LogP contribution in [0.1, 0.15) is 19.4 Å². The number of hydrogen-bond donors (Lipinski definition) is 1. The summed E-state index contributed by atoms with van der Waals surface area (Å²) >= 11 is 0. The maximum absolute atomic E-state index is 12.4. The van der Waals surface area contributed by atoms with Crippen molar-refractivity contribution in [2.45, 2.75) is 32.1 Å². The zero-order valence-corrected chi connectivity index (χ0v) is 10.3. The van der Waals surface area contributed by atoms with Gasteiger partial charge < -0.3 is 10.2 Å². The Morgan fingerprint density at radius 1 is 1.33 bits per heavy atom. The molecule has 1 N–H and O–H groups in total. The molecule has 0 aromatic carbocycles. The monoisotopic (exact) mass is 259 g/mol. The molecule has 1 saturated heterocycles. The molecule has 3 nitrogen and oxygen atoms in total. The van der Waals surface area contributed by atoms with E-state index in [4.69, 9.17) is 0 Å². The lowest BCUT2D eigenvalue weighted by Crippen LogP contribution is -2.55. The zero-order valence-electron chi connectivity index (χ0n) is 10.3. The fraction of sp³-hybridized carbons (Fsp3) is 0.583. The summed E-state index contributed by atoms with van der Waals surface area (Å²) in [4.78, 5) is 5.96. The van der Waals surface area contributed by atoms with Gasteiger partial charge in [-0.1, -0.05) is 0 Å². The highest BCUT2D eigenvalue weighted by Crippen LogP contribution is 2.29. The van der Waals surface area contributed by atoms with Gasteiger partial charge in [0, 0.05) is 31.4 Å². The van der Waals surface area contributed by atoms with E-state index in [2.05, 4.69) is 17.2 Å². The molecule has 2 unspecified atom stereocenters. The van der Waals surface area contributed by atoms with Crippen molar-refractivity contribution in [2.24, 2.45) is 0 Å². The predicted molar refractivity (Wildman–Crippen MR) is 63.5 cm³/mol. The molecule has 1 aromatic heterocycles. The molecule has 0 saturated carbocycles. The molecule has 0 spiro atoms. The highest BCUT2D eigenvalue weighted by atomic mass is 19.4. The normalized spacial score (nSPS) is 25.3. The Hall–Kier alpha value is -1.30. The topological polar surface area (TPSA) is 28.2 Å². The third-order valence-electron chi connectivity index (χ3n) is 3.40. The van der Waals surface area contributed by atoms with Crippen molar-refractivity contribution in [1.82, 2.24) is 10.3 Å². The van der Waals surface area contributed by atoms with Crippen molar-refractivity contribution in [1.29, 1.82) is 0 Å². The highest BCUT2D eigenvalue weighted by Gasteiger charge is 2.31. The van der Waals surface area contributed by atoms with Crippen LogP contribution in [0.15, 0.2) is 18.3 Å². The maximum Gasteiger partial charge on any atom is 0.417 e. The minimum atomic E-state index is -4.33. The Morgan fingerprint density at radius 3 is 2.61 bits per heavy atom. The van der Waals surface area contributed by atoms with E-state index in [0.717, 1.165) is 25.4 Å². The molecule has 1 aliphatic rings. The molecule has 0 aliphatic carbocycles. The number of piperazine rings is 1. The van der Waals surface area contributed by atoms with Crippen molar-refractivity contribution < 1.29 is 13.2 Å². The molecule has 6 heteroatoms. The molecule has 2 atom stereocenters.